The average Bonchev–Trinajstić information content (AvgIpc) is 2.30. The fourth-order valence-corrected chi connectivity index (χ4v) is 1.30. The van der Waals surface area contributed by atoms with Gasteiger partial charge in [0.05, 0.1) is 17.9 Å². The first kappa shape index (κ1) is 12.9. The molecule has 0 saturated carbocycles. The molecule has 2 atom stereocenters. The third-order valence-corrected chi connectivity index (χ3v) is 2.78. The van der Waals surface area contributed by atoms with Crippen LogP contribution in [0.1, 0.15) is 20.3 Å². The molecule has 1 rings (SSSR count). The fourth-order valence-electron chi connectivity index (χ4n) is 1.19. The molecule has 1 amide bonds. The Morgan fingerprint density at radius 1 is 1.62 bits per heavy atom. The highest BCUT2D eigenvalue weighted by atomic mass is 35.5. The largest absolute Gasteiger partial charge is 0.323 e. The Labute approximate surface area is 100 Å². The molecule has 1 unspecified atom stereocenters. The van der Waals surface area contributed by atoms with Crippen molar-refractivity contribution in [3.05, 3.63) is 23.5 Å². The summed E-state index contributed by atoms with van der Waals surface area (Å²) in [6.45, 7) is 3.95. The predicted octanol–water partition coefficient (Wildman–Crippen LogP) is 2.05. The molecule has 0 aliphatic carbocycles. The Morgan fingerprint density at radius 3 is 2.81 bits per heavy atom. The lowest BCUT2D eigenvalue weighted by atomic mass is 9.99. The van der Waals surface area contributed by atoms with Crippen LogP contribution in [0.5, 0.6) is 0 Å². The summed E-state index contributed by atoms with van der Waals surface area (Å²) in [4.78, 5) is 15.6. The van der Waals surface area contributed by atoms with Crippen LogP contribution >= 0.6 is 11.6 Å². The molecule has 88 valence electrons. The SMILES string of the molecule is CCC(C)[C@H](N)C(=O)Nc1ccc(Cl)nc1. The van der Waals surface area contributed by atoms with Gasteiger partial charge < -0.3 is 11.1 Å². The third kappa shape index (κ3) is 3.47. The van der Waals surface area contributed by atoms with E-state index in [-0.39, 0.29) is 11.8 Å². The van der Waals surface area contributed by atoms with Crippen LogP contribution in [-0.2, 0) is 4.79 Å². The van der Waals surface area contributed by atoms with Gasteiger partial charge in [0.25, 0.3) is 0 Å². The number of carbonyl (C=O) groups excluding carboxylic acids is 1. The van der Waals surface area contributed by atoms with E-state index in [1.54, 1.807) is 12.1 Å². The summed E-state index contributed by atoms with van der Waals surface area (Å²) in [6, 6.07) is 2.81. The van der Waals surface area contributed by atoms with E-state index < -0.39 is 6.04 Å². The van der Waals surface area contributed by atoms with Crippen LogP contribution in [0.25, 0.3) is 0 Å². The Kier molecular flexibility index (Phi) is 4.71. The number of aromatic nitrogens is 1. The van der Waals surface area contributed by atoms with E-state index in [4.69, 9.17) is 17.3 Å². The maximum atomic E-state index is 11.7. The maximum Gasteiger partial charge on any atom is 0.241 e. The number of nitrogens with zero attached hydrogens (tertiary/aromatic N) is 1. The zero-order valence-corrected chi connectivity index (χ0v) is 10.2. The van der Waals surface area contributed by atoms with Crippen molar-refractivity contribution in [3.63, 3.8) is 0 Å². The van der Waals surface area contributed by atoms with Crippen LogP contribution in [0.3, 0.4) is 0 Å². The number of halogens is 1. The van der Waals surface area contributed by atoms with Gasteiger partial charge in [-0.15, -0.1) is 0 Å². The van der Waals surface area contributed by atoms with Crippen molar-refractivity contribution < 1.29 is 4.79 Å². The fraction of sp³-hybridized carbons (Fsp3) is 0.455. The van der Waals surface area contributed by atoms with Crippen LogP contribution in [0.15, 0.2) is 18.3 Å². The van der Waals surface area contributed by atoms with E-state index in [0.29, 0.717) is 10.8 Å². The van der Waals surface area contributed by atoms with Crippen LogP contribution in [0, 0.1) is 5.92 Å². The van der Waals surface area contributed by atoms with Gasteiger partial charge in [-0.05, 0) is 18.1 Å². The lowest BCUT2D eigenvalue weighted by Crippen LogP contribution is -2.40. The Morgan fingerprint density at radius 2 is 2.31 bits per heavy atom. The van der Waals surface area contributed by atoms with Crippen molar-refractivity contribution in [1.82, 2.24) is 4.98 Å². The number of anilines is 1. The van der Waals surface area contributed by atoms with Crippen molar-refractivity contribution in [1.29, 1.82) is 0 Å². The number of rotatable bonds is 4. The molecule has 0 spiro atoms. The minimum absolute atomic E-state index is 0.153. The molecule has 0 bridgehead atoms. The van der Waals surface area contributed by atoms with Crippen molar-refractivity contribution in [2.24, 2.45) is 11.7 Å². The smallest absolute Gasteiger partial charge is 0.241 e. The number of nitrogens with one attached hydrogen (secondary N) is 1. The van der Waals surface area contributed by atoms with E-state index in [0.717, 1.165) is 6.42 Å². The minimum Gasteiger partial charge on any atom is -0.323 e. The maximum absolute atomic E-state index is 11.7. The highest BCUT2D eigenvalue weighted by Gasteiger charge is 2.19. The molecule has 0 fully saturated rings. The van der Waals surface area contributed by atoms with E-state index >= 15 is 0 Å². The van der Waals surface area contributed by atoms with Gasteiger partial charge in [0.2, 0.25) is 5.91 Å². The number of hydrogen-bond donors (Lipinski definition) is 2. The van der Waals surface area contributed by atoms with Gasteiger partial charge in [-0.3, -0.25) is 4.79 Å². The first-order chi connectivity index (χ1) is 7.54. The van der Waals surface area contributed by atoms with Crippen molar-refractivity contribution in [2.75, 3.05) is 5.32 Å². The quantitative estimate of drug-likeness (QED) is 0.793. The molecule has 5 heteroatoms. The van der Waals surface area contributed by atoms with E-state index in [1.807, 2.05) is 13.8 Å². The molecule has 1 heterocycles. The Balaban J connectivity index is 2.60. The van der Waals surface area contributed by atoms with Crippen LogP contribution < -0.4 is 11.1 Å². The third-order valence-electron chi connectivity index (χ3n) is 2.55. The summed E-state index contributed by atoms with van der Waals surface area (Å²) < 4.78 is 0. The molecule has 0 saturated heterocycles. The summed E-state index contributed by atoms with van der Waals surface area (Å²) in [6.07, 6.45) is 2.37. The van der Waals surface area contributed by atoms with Gasteiger partial charge in [-0.2, -0.15) is 0 Å². The van der Waals surface area contributed by atoms with Gasteiger partial charge in [-0.1, -0.05) is 31.9 Å². The molecule has 1 aromatic rings. The summed E-state index contributed by atoms with van der Waals surface area (Å²) in [5.41, 5.74) is 6.40. The molecule has 0 aromatic carbocycles. The average molecular weight is 242 g/mol. The van der Waals surface area contributed by atoms with Crippen LogP contribution in [0.4, 0.5) is 5.69 Å². The zero-order valence-electron chi connectivity index (χ0n) is 9.40. The topological polar surface area (TPSA) is 68.0 Å². The van der Waals surface area contributed by atoms with Gasteiger partial charge in [-0.25, -0.2) is 4.98 Å². The highest BCUT2D eigenvalue weighted by molar-refractivity contribution is 6.29. The lowest BCUT2D eigenvalue weighted by Gasteiger charge is -2.17. The number of nitrogens with two attached hydrogens (primary N) is 1. The number of carbonyl (C=O) groups is 1. The van der Waals surface area contributed by atoms with E-state index in [2.05, 4.69) is 10.3 Å². The van der Waals surface area contributed by atoms with Crippen LogP contribution in [-0.4, -0.2) is 16.9 Å². The summed E-state index contributed by atoms with van der Waals surface area (Å²) >= 11 is 5.64. The molecule has 4 nitrogen and oxygen atoms in total. The first-order valence-corrected chi connectivity index (χ1v) is 5.60. The van der Waals surface area contributed by atoms with Crippen molar-refractivity contribution in [3.8, 4) is 0 Å². The second-order valence-electron chi connectivity index (χ2n) is 3.77. The molecular formula is C11H16ClN3O. The zero-order chi connectivity index (χ0) is 12.1. The minimum atomic E-state index is -0.499. The van der Waals surface area contributed by atoms with Gasteiger partial charge in [0.1, 0.15) is 5.15 Å². The summed E-state index contributed by atoms with van der Waals surface area (Å²) in [5, 5.41) is 3.09. The normalized spacial score (nSPS) is 14.2. The first-order valence-electron chi connectivity index (χ1n) is 5.22. The van der Waals surface area contributed by atoms with Gasteiger partial charge >= 0.3 is 0 Å². The van der Waals surface area contributed by atoms with Gasteiger partial charge in [0, 0.05) is 0 Å². The standard InChI is InChI=1S/C11H16ClN3O/c1-3-7(2)10(13)11(16)15-8-4-5-9(12)14-6-8/h4-7,10H,3,13H2,1-2H3,(H,15,16)/t7?,10-/m0/s1. The van der Waals surface area contributed by atoms with E-state index in [9.17, 15) is 4.79 Å². The second kappa shape index (κ2) is 5.82. The van der Waals surface area contributed by atoms with Crippen molar-refractivity contribution >= 4 is 23.2 Å². The van der Waals surface area contributed by atoms with E-state index in [1.165, 1.54) is 6.20 Å². The number of amides is 1. The molecular weight excluding hydrogens is 226 g/mol. The van der Waals surface area contributed by atoms with Crippen LogP contribution in [0.2, 0.25) is 5.15 Å². The Hall–Kier alpha value is -1.13. The molecule has 1 aromatic heterocycles. The summed E-state index contributed by atoms with van der Waals surface area (Å²) in [5.74, 6) is -0.0428. The van der Waals surface area contributed by atoms with Crippen molar-refractivity contribution in [2.45, 2.75) is 26.3 Å². The number of hydrogen-bond acceptors (Lipinski definition) is 3. The molecule has 0 radical (unpaired) electrons. The summed E-state index contributed by atoms with van der Waals surface area (Å²) in [7, 11) is 0. The Bertz CT molecular complexity index is 353. The molecule has 3 N–H and O–H groups in total. The monoisotopic (exact) mass is 241 g/mol. The molecule has 16 heavy (non-hydrogen) atoms. The highest BCUT2D eigenvalue weighted by Crippen LogP contribution is 2.12. The molecule has 0 aliphatic rings. The number of pyridine rings is 1. The predicted molar refractivity (Wildman–Crippen MR) is 65.3 cm³/mol. The van der Waals surface area contributed by atoms with Gasteiger partial charge in [0.15, 0.2) is 0 Å². The second-order valence-corrected chi connectivity index (χ2v) is 4.16. The lowest BCUT2D eigenvalue weighted by molar-refractivity contribution is -0.118. The molecule has 0 aliphatic heterocycles.